The van der Waals surface area contributed by atoms with Gasteiger partial charge in [-0.05, 0) is 24.5 Å². The van der Waals surface area contributed by atoms with Gasteiger partial charge >= 0.3 is 0 Å². The van der Waals surface area contributed by atoms with Gasteiger partial charge in [0.2, 0.25) is 0 Å². The molecular weight excluding hydrogens is 196 g/mol. The lowest BCUT2D eigenvalue weighted by Crippen LogP contribution is -2.32. The third-order valence-corrected chi connectivity index (χ3v) is 2.46. The van der Waals surface area contributed by atoms with Gasteiger partial charge in [0.1, 0.15) is 11.6 Å². The van der Waals surface area contributed by atoms with Gasteiger partial charge in [0.15, 0.2) is 0 Å². The highest BCUT2D eigenvalue weighted by molar-refractivity contribution is 8.02. The monoisotopic (exact) mass is 212 g/mol. The van der Waals surface area contributed by atoms with Crippen LogP contribution in [-0.4, -0.2) is 17.7 Å². The summed E-state index contributed by atoms with van der Waals surface area (Å²) in [6.07, 6.45) is 0.866. The van der Waals surface area contributed by atoms with E-state index in [-0.39, 0.29) is 17.5 Å². The van der Waals surface area contributed by atoms with Crippen LogP contribution in [0.1, 0.15) is 27.2 Å². The number of hydrogen-bond acceptors (Lipinski definition) is 3. The maximum atomic E-state index is 11.4. The summed E-state index contributed by atoms with van der Waals surface area (Å²) in [6, 6.07) is 2.01. The summed E-state index contributed by atoms with van der Waals surface area (Å²) >= 11 is 1.46. The minimum Gasteiger partial charge on any atom is -0.349 e. The first-order valence-corrected chi connectivity index (χ1v) is 5.73. The molecule has 0 aliphatic heterocycles. The summed E-state index contributed by atoms with van der Waals surface area (Å²) in [6.45, 7) is 5.88. The molecule has 0 spiro atoms. The van der Waals surface area contributed by atoms with Gasteiger partial charge in [-0.25, -0.2) is 0 Å². The Balaban J connectivity index is 4.27. The van der Waals surface area contributed by atoms with Crippen LogP contribution in [0.5, 0.6) is 0 Å². The van der Waals surface area contributed by atoms with Gasteiger partial charge in [-0.2, -0.15) is 5.26 Å². The van der Waals surface area contributed by atoms with Crippen molar-refractivity contribution in [2.45, 2.75) is 33.2 Å². The van der Waals surface area contributed by atoms with Crippen LogP contribution >= 0.6 is 11.8 Å². The SMILES string of the molecule is CCSC=C(C#N)C(=O)NC(C)CC. The molecule has 0 aromatic carbocycles. The Labute approximate surface area is 89.6 Å². The molecule has 4 heteroatoms. The van der Waals surface area contributed by atoms with Crippen molar-refractivity contribution in [2.24, 2.45) is 0 Å². The molecule has 0 radical (unpaired) electrons. The molecule has 0 saturated heterocycles. The first-order chi connectivity index (χ1) is 6.65. The summed E-state index contributed by atoms with van der Waals surface area (Å²) in [4.78, 5) is 11.4. The van der Waals surface area contributed by atoms with E-state index in [1.807, 2.05) is 26.8 Å². The Morgan fingerprint density at radius 2 is 2.29 bits per heavy atom. The van der Waals surface area contributed by atoms with Crippen LogP contribution in [0.3, 0.4) is 0 Å². The molecule has 0 fully saturated rings. The Morgan fingerprint density at radius 1 is 1.64 bits per heavy atom. The molecule has 0 aromatic heterocycles. The molecular formula is C10H16N2OS. The van der Waals surface area contributed by atoms with Crippen molar-refractivity contribution >= 4 is 17.7 Å². The van der Waals surface area contributed by atoms with Crippen LogP contribution in [0, 0.1) is 11.3 Å². The highest BCUT2D eigenvalue weighted by Crippen LogP contribution is 2.06. The van der Waals surface area contributed by atoms with Crippen molar-refractivity contribution in [3.05, 3.63) is 11.0 Å². The fourth-order valence-corrected chi connectivity index (χ4v) is 1.19. The molecule has 1 amide bonds. The lowest BCUT2D eigenvalue weighted by atomic mass is 10.2. The molecule has 14 heavy (non-hydrogen) atoms. The number of rotatable bonds is 5. The largest absolute Gasteiger partial charge is 0.349 e. The highest BCUT2D eigenvalue weighted by Gasteiger charge is 2.10. The quantitative estimate of drug-likeness (QED) is 0.560. The number of nitriles is 1. The fourth-order valence-electron chi connectivity index (χ4n) is 0.701. The van der Waals surface area contributed by atoms with Crippen LogP contribution < -0.4 is 5.32 Å². The zero-order chi connectivity index (χ0) is 11.0. The standard InChI is InChI=1S/C10H16N2OS/c1-4-8(3)12-10(13)9(6-11)7-14-5-2/h7-8H,4-5H2,1-3H3,(H,12,13). The van der Waals surface area contributed by atoms with Gasteiger partial charge in [-0.15, -0.1) is 11.8 Å². The van der Waals surface area contributed by atoms with Gasteiger partial charge in [-0.3, -0.25) is 4.79 Å². The van der Waals surface area contributed by atoms with Crippen molar-refractivity contribution in [1.82, 2.24) is 5.32 Å². The molecule has 0 bridgehead atoms. The molecule has 78 valence electrons. The molecule has 3 nitrogen and oxygen atoms in total. The van der Waals surface area contributed by atoms with E-state index in [2.05, 4.69) is 5.32 Å². The highest BCUT2D eigenvalue weighted by atomic mass is 32.2. The maximum absolute atomic E-state index is 11.4. The summed E-state index contributed by atoms with van der Waals surface area (Å²) in [5, 5.41) is 13.1. The van der Waals surface area contributed by atoms with Crippen LogP contribution in [-0.2, 0) is 4.79 Å². The predicted molar refractivity (Wildman–Crippen MR) is 59.7 cm³/mol. The molecule has 1 atom stereocenters. The van der Waals surface area contributed by atoms with Crippen LogP contribution in [0.4, 0.5) is 0 Å². The average Bonchev–Trinajstić information content (AvgIpc) is 2.18. The van der Waals surface area contributed by atoms with Crippen molar-refractivity contribution in [3.63, 3.8) is 0 Å². The third-order valence-electron chi connectivity index (χ3n) is 1.72. The Bertz CT molecular complexity index is 255. The van der Waals surface area contributed by atoms with E-state index in [0.29, 0.717) is 0 Å². The van der Waals surface area contributed by atoms with E-state index in [9.17, 15) is 4.79 Å². The second-order valence-electron chi connectivity index (χ2n) is 2.88. The van der Waals surface area contributed by atoms with Gasteiger partial charge in [0.05, 0.1) is 0 Å². The second kappa shape index (κ2) is 7.45. The van der Waals surface area contributed by atoms with Gasteiger partial charge in [0.25, 0.3) is 5.91 Å². The van der Waals surface area contributed by atoms with Gasteiger partial charge in [0, 0.05) is 6.04 Å². The molecule has 0 aliphatic carbocycles. The van der Waals surface area contributed by atoms with Crippen LogP contribution in [0.25, 0.3) is 0 Å². The molecule has 0 rings (SSSR count). The molecule has 0 saturated carbocycles. The normalized spacial score (nSPS) is 13.1. The molecule has 0 aliphatic rings. The van der Waals surface area contributed by atoms with E-state index in [4.69, 9.17) is 5.26 Å². The zero-order valence-corrected chi connectivity index (χ0v) is 9.65. The summed E-state index contributed by atoms with van der Waals surface area (Å²) in [5.74, 6) is 0.588. The maximum Gasteiger partial charge on any atom is 0.262 e. The van der Waals surface area contributed by atoms with Gasteiger partial charge < -0.3 is 5.32 Å². The van der Waals surface area contributed by atoms with E-state index in [1.54, 1.807) is 5.41 Å². The second-order valence-corrected chi connectivity index (χ2v) is 4.03. The minimum absolute atomic E-state index is 0.117. The summed E-state index contributed by atoms with van der Waals surface area (Å²) in [7, 11) is 0. The molecule has 1 unspecified atom stereocenters. The Hall–Kier alpha value is -0.950. The Kier molecular flexibility index (Phi) is 6.95. The summed E-state index contributed by atoms with van der Waals surface area (Å²) < 4.78 is 0. The number of amides is 1. The minimum atomic E-state index is -0.275. The molecule has 0 heterocycles. The smallest absolute Gasteiger partial charge is 0.262 e. The zero-order valence-electron chi connectivity index (χ0n) is 8.83. The number of nitrogens with one attached hydrogen (secondary N) is 1. The number of nitrogens with zero attached hydrogens (tertiary/aromatic N) is 1. The number of carbonyl (C=O) groups excluding carboxylic acids is 1. The van der Waals surface area contributed by atoms with E-state index in [0.717, 1.165) is 12.2 Å². The predicted octanol–water partition coefficient (Wildman–Crippen LogP) is 2.06. The molecule has 0 aromatic rings. The van der Waals surface area contributed by atoms with Crippen molar-refractivity contribution in [2.75, 3.05) is 5.75 Å². The van der Waals surface area contributed by atoms with Crippen LogP contribution in [0.15, 0.2) is 11.0 Å². The first kappa shape index (κ1) is 13.1. The molecule has 1 N–H and O–H groups in total. The van der Waals surface area contributed by atoms with Crippen molar-refractivity contribution in [1.29, 1.82) is 5.26 Å². The number of thioether (sulfide) groups is 1. The lowest BCUT2D eigenvalue weighted by Gasteiger charge is -2.09. The summed E-state index contributed by atoms with van der Waals surface area (Å²) in [5.41, 5.74) is 0.192. The third kappa shape index (κ3) is 4.93. The number of carbonyl (C=O) groups is 1. The van der Waals surface area contributed by atoms with Crippen LogP contribution in [0.2, 0.25) is 0 Å². The first-order valence-electron chi connectivity index (χ1n) is 4.68. The Morgan fingerprint density at radius 3 is 2.71 bits per heavy atom. The fraction of sp³-hybridized carbons (Fsp3) is 0.600. The topological polar surface area (TPSA) is 52.9 Å². The van der Waals surface area contributed by atoms with Crippen molar-refractivity contribution < 1.29 is 4.79 Å². The van der Waals surface area contributed by atoms with E-state index < -0.39 is 0 Å². The average molecular weight is 212 g/mol. The van der Waals surface area contributed by atoms with Crippen molar-refractivity contribution in [3.8, 4) is 6.07 Å². The lowest BCUT2D eigenvalue weighted by molar-refractivity contribution is -0.117. The van der Waals surface area contributed by atoms with Gasteiger partial charge in [-0.1, -0.05) is 13.8 Å². The van der Waals surface area contributed by atoms with E-state index in [1.165, 1.54) is 11.8 Å². The van der Waals surface area contributed by atoms with E-state index >= 15 is 0 Å². The number of hydrogen-bond donors (Lipinski definition) is 1.